The molecule has 8 nitrogen and oxygen atoms in total. The number of hydrogen-bond donors (Lipinski definition) is 1. The van der Waals surface area contributed by atoms with Gasteiger partial charge in [0, 0.05) is 53.3 Å². The number of rotatable bonds is 6. The summed E-state index contributed by atoms with van der Waals surface area (Å²) in [5.74, 6) is 0.468. The molecule has 208 valence electrons. The zero-order valence-corrected chi connectivity index (χ0v) is 23.5. The predicted octanol–water partition coefficient (Wildman–Crippen LogP) is 5.08. The van der Waals surface area contributed by atoms with Gasteiger partial charge < -0.3 is 19.9 Å². The Balaban J connectivity index is 1.28. The van der Waals surface area contributed by atoms with Gasteiger partial charge in [-0.3, -0.25) is 9.79 Å². The van der Waals surface area contributed by atoms with Crippen LogP contribution in [0.1, 0.15) is 32.6 Å². The first-order valence-corrected chi connectivity index (χ1v) is 13.5. The first-order valence-electron chi connectivity index (χ1n) is 13.5. The van der Waals surface area contributed by atoms with Gasteiger partial charge >= 0.3 is 0 Å². The van der Waals surface area contributed by atoms with E-state index < -0.39 is 5.82 Å². The summed E-state index contributed by atoms with van der Waals surface area (Å²) in [7, 11) is 5.59. The van der Waals surface area contributed by atoms with E-state index in [1.54, 1.807) is 18.3 Å². The van der Waals surface area contributed by atoms with Crippen molar-refractivity contribution in [3.63, 3.8) is 0 Å². The Kier molecular flexibility index (Phi) is 6.96. The van der Waals surface area contributed by atoms with Gasteiger partial charge in [0.25, 0.3) is 5.91 Å². The molecule has 3 aromatic carbocycles. The third kappa shape index (κ3) is 5.04. The van der Waals surface area contributed by atoms with Crippen LogP contribution >= 0.6 is 0 Å². The molecule has 0 unspecified atom stereocenters. The largest absolute Gasteiger partial charge is 0.496 e. The molecule has 9 heteroatoms. The Hall–Kier alpha value is -4.63. The number of nitrogens with one attached hydrogen (secondary N) is 1. The predicted molar refractivity (Wildman–Crippen MR) is 158 cm³/mol. The van der Waals surface area contributed by atoms with E-state index in [2.05, 4.69) is 15.2 Å². The Labute approximate surface area is 238 Å². The standard InChI is InChI=1S/C32H31FN6O2/c1-19-8-13-24-25(14-19)30(28-26(33)6-5-7-27(28)41-4)34-15-21-16-35-32(37-29(21)24)36-22-11-9-20(10-12-22)31(40)39-17-23(18-39)38(2)3/h5-14,16,23H,15,17-18H2,1-4H3,(H,35,36,37). The minimum atomic E-state index is -0.400. The van der Waals surface area contributed by atoms with Crippen molar-refractivity contribution in [1.29, 1.82) is 0 Å². The SMILES string of the molecule is COc1cccc(F)c1C1=NCc2cnc(Nc3ccc(C(=O)N4CC(N(C)C)C4)cc3)nc2-c2ccc(C)cc21. The number of likely N-dealkylation sites (N-methyl/N-ethyl adjacent to an activating group) is 1. The Bertz CT molecular complexity index is 1660. The maximum Gasteiger partial charge on any atom is 0.253 e. The summed E-state index contributed by atoms with van der Waals surface area (Å²) in [5.41, 5.74) is 6.45. The van der Waals surface area contributed by atoms with Crippen LogP contribution in [0.2, 0.25) is 0 Å². The molecule has 0 saturated carbocycles. The minimum absolute atomic E-state index is 0.0325. The van der Waals surface area contributed by atoms with Gasteiger partial charge in [0.1, 0.15) is 11.6 Å². The van der Waals surface area contributed by atoms with E-state index >= 15 is 4.39 Å². The highest BCUT2D eigenvalue weighted by Crippen LogP contribution is 2.35. The number of aryl methyl sites for hydroxylation is 1. The van der Waals surface area contributed by atoms with Crippen LogP contribution in [0.3, 0.4) is 0 Å². The molecule has 0 atom stereocenters. The highest BCUT2D eigenvalue weighted by Gasteiger charge is 2.32. The summed E-state index contributed by atoms with van der Waals surface area (Å²) in [6.45, 7) is 3.76. The lowest BCUT2D eigenvalue weighted by Crippen LogP contribution is -2.59. The molecular weight excluding hydrogens is 519 g/mol. The normalized spacial score (nSPS) is 14.5. The first-order chi connectivity index (χ1) is 19.8. The van der Waals surface area contributed by atoms with E-state index in [-0.39, 0.29) is 12.5 Å². The molecule has 1 saturated heterocycles. The summed E-state index contributed by atoms with van der Waals surface area (Å²) in [4.78, 5) is 31.0. The summed E-state index contributed by atoms with van der Waals surface area (Å²) >= 11 is 0. The Morgan fingerprint density at radius 1 is 1.07 bits per heavy atom. The number of aliphatic imine (C=N–C) groups is 1. The molecule has 0 bridgehead atoms. The number of carbonyl (C=O) groups excluding carboxylic acids is 1. The van der Waals surface area contributed by atoms with Crippen molar-refractivity contribution < 1.29 is 13.9 Å². The number of amides is 1. The number of likely N-dealkylation sites (tertiary alicyclic amines) is 1. The molecule has 6 rings (SSSR count). The van der Waals surface area contributed by atoms with Crippen molar-refractivity contribution >= 4 is 23.3 Å². The summed E-state index contributed by atoms with van der Waals surface area (Å²) in [6.07, 6.45) is 1.75. The van der Waals surface area contributed by atoms with Gasteiger partial charge in [-0.25, -0.2) is 14.4 Å². The van der Waals surface area contributed by atoms with Gasteiger partial charge in [-0.05, 0) is 63.5 Å². The van der Waals surface area contributed by atoms with Crippen molar-refractivity contribution in [2.45, 2.75) is 19.5 Å². The van der Waals surface area contributed by atoms with Crippen LogP contribution in [0.25, 0.3) is 11.3 Å². The number of halogens is 1. The number of fused-ring (bicyclic) bond motifs is 3. The molecule has 41 heavy (non-hydrogen) atoms. The van der Waals surface area contributed by atoms with Crippen LogP contribution in [-0.4, -0.2) is 71.7 Å². The zero-order chi connectivity index (χ0) is 28.7. The number of aromatic nitrogens is 2. The van der Waals surface area contributed by atoms with Crippen LogP contribution in [0.4, 0.5) is 16.0 Å². The number of benzene rings is 3. The zero-order valence-electron chi connectivity index (χ0n) is 23.5. The summed E-state index contributed by atoms with van der Waals surface area (Å²) in [6, 6.07) is 18.5. The second kappa shape index (κ2) is 10.7. The number of anilines is 2. The van der Waals surface area contributed by atoms with E-state index in [1.165, 1.54) is 13.2 Å². The van der Waals surface area contributed by atoms with Crippen molar-refractivity contribution in [1.82, 2.24) is 19.8 Å². The van der Waals surface area contributed by atoms with Gasteiger partial charge in [0.2, 0.25) is 5.95 Å². The monoisotopic (exact) mass is 550 g/mol. The van der Waals surface area contributed by atoms with E-state index in [0.29, 0.717) is 34.6 Å². The molecule has 1 fully saturated rings. The van der Waals surface area contributed by atoms with Gasteiger partial charge in [-0.15, -0.1) is 0 Å². The molecule has 1 N–H and O–H groups in total. The van der Waals surface area contributed by atoms with Crippen LogP contribution in [-0.2, 0) is 6.54 Å². The summed E-state index contributed by atoms with van der Waals surface area (Å²) in [5, 5.41) is 3.26. The highest BCUT2D eigenvalue weighted by atomic mass is 19.1. The second-order valence-corrected chi connectivity index (χ2v) is 10.6. The third-order valence-corrected chi connectivity index (χ3v) is 7.66. The molecule has 2 aliphatic heterocycles. The van der Waals surface area contributed by atoms with Crippen LogP contribution in [0, 0.1) is 12.7 Å². The molecule has 1 amide bonds. The lowest BCUT2D eigenvalue weighted by molar-refractivity contribution is 0.0399. The van der Waals surface area contributed by atoms with Crippen LogP contribution in [0.15, 0.2) is 71.9 Å². The van der Waals surface area contributed by atoms with Gasteiger partial charge in [0.05, 0.1) is 30.6 Å². The first kappa shape index (κ1) is 26.6. The maximum atomic E-state index is 15.2. The number of ether oxygens (including phenoxy) is 1. The number of carbonyl (C=O) groups is 1. The highest BCUT2D eigenvalue weighted by molar-refractivity contribution is 6.18. The molecule has 0 spiro atoms. The molecule has 1 aromatic heterocycles. The fraction of sp³-hybridized carbons (Fsp3) is 0.250. The number of nitrogens with zero attached hydrogens (tertiary/aromatic N) is 5. The third-order valence-electron chi connectivity index (χ3n) is 7.66. The van der Waals surface area contributed by atoms with E-state index in [0.717, 1.165) is 46.7 Å². The lowest BCUT2D eigenvalue weighted by Gasteiger charge is -2.42. The molecule has 0 aliphatic carbocycles. The minimum Gasteiger partial charge on any atom is -0.496 e. The van der Waals surface area contributed by atoms with E-state index in [1.807, 2.05) is 68.4 Å². The van der Waals surface area contributed by atoms with Gasteiger partial charge in [-0.2, -0.15) is 0 Å². The average Bonchev–Trinajstić information content (AvgIpc) is 3.08. The van der Waals surface area contributed by atoms with Crippen molar-refractivity contribution in [2.24, 2.45) is 4.99 Å². The average molecular weight is 551 g/mol. The fourth-order valence-corrected chi connectivity index (χ4v) is 5.20. The number of methoxy groups -OCH3 is 1. The fourth-order valence-electron chi connectivity index (χ4n) is 5.20. The van der Waals surface area contributed by atoms with Gasteiger partial charge in [0.15, 0.2) is 0 Å². The van der Waals surface area contributed by atoms with E-state index in [4.69, 9.17) is 14.7 Å². The Morgan fingerprint density at radius 2 is 1.85 bits per heavy atom. The molecule has 2 aliphatic rings. The molecule has 3 heterocycles. The smallest absolute Gasteiger partial charge is 0.253 e. The lowest BCUT2D eigenvalue weighted by atomic mass is 9.93. The van der Waals surface area contributed by atoms with Crippen LogP contribution in [0.5, 0.6) is 5.75 Å². The molecule has 4 aromatic rings. The van der Waals surface area contributed by atoms with Crippen molar-refractivity contribution in [3.8, 4) is 17.0 Å². The molecular formula is C32H31FN6O2. The quantitative estimate of drug-likeness (QED) is 0.361. The topological polar surface area (TPSA) is 83.0 Å². The maximum absolute atomic E-state index is 15.2. The summed E-state index contributed by atoms with van der Waals surface area (Å²) < 4.78 is 20.7. The second-order valence-electron chi connectivity index (χ2n) is 10.6. The van der Waals surface area contributed by atoms with Crippen LogP contribution < -0.4 is 10.1 Å². The number of hydrogen-bond acceptors (Lipinski definition) is 7. The van der Waals surface area contributed by atoms with E-state index in [9.17, 15) is 4.79 Å². The Morgan fingerprint density at radius 3 is 2.59 bits per heavy atom. The van der Waals surface area contributed by atoms with Crippen molar-refractivity contribution in [3.05, 3.63) is 100 Å². The van der Waals surface area contributed by atoms with Gasteiger partial charge in [-0.1, -0.05) is 23.8 Å². The van der Waals surface area contributed by atoms with Crippen molar-refractivity contribution in [2.75, 3.05) is 39.6 Å². The molecule has 0 radical (unpaired) electrons.